The predicted molar refractivity (Wildman–Crippen MR) is 73.7 cm³/mol. The summed E-state index contributed by atoms with van der Waals surface area (Å²) in [5.41, 5.74) is 2.65. The van der Waals surface area contributed by atoms with Crippen molar-refractivity contribution >= 4 is 27.3 Å². The minimum Gasteiger partial charge on any atom is -0.308 e. The number of hydrogen-bond donors (Lipinski definition) is 1. The first-order valence-electron chi connectivity index (χ1n) is 5.25. The molecule has 0 saturated carbocycles. The fourth-order valence-corrected chi connectivity index (χ4v) is 3.13. The third kappa shape index (κ3) is 3.17. The Morgan fingerprint density at radius 3 is 2.56 bits per heavy atom. The van der Waals surface area contributed by atoms with Crippen LogP contribution in [-0.2, 0) is 13.1 Å². The second kappa shape index (κ2) is 5.62. The van der Waals surface area contributed by atoms with Crippen LogP contribution in [0, 0.1) is 6.92 Å². The molecular weight excluding hydrogens is 282 g/mol. The third-order valence-corrected chi connectivity index (χ3v) is 4.52. The zero-order chi connectivity index (χ0) is 11.4. The van der Waals surface area contributed by atoms with Gasteiger partial charge in [-0.2, -0.15) is 0 Å². The minimum atomic E-state index is 0.926. The molecular formula is C13H14BrNS. The molecule has 1 N–H and O–H groups in total. The highest BCUT2D eigenvalue weighted by Gasteiger charge is 2.01. The van der Waals surface area contributed by atoms with Crippen molar-refractivity contribution in [2.24, 2.45) is 0 Å². The molecule has 0 aliphatic heterocycles. The molecule has 0 radical (unpaired) electrons. The largest absolute Gasteiger partial charge is 0.308 e. The highest BCUT2D eigenvalue weighted by molar-refractivity contribution is 9.11. The van der Waals surface area contributed by atoms with Gasteiger partial charge in [0.25, 0.3) is 0 Å². The van der Waals surface area contributed by atoms with Crippen LogP contribution in [0.2, 0.25) is 0 Å². The fourth-order valence-electron chi connectivity index (χ4n) is 1.54. The fraction of sp³-hybridized carbons (Fsp3) is 0.231. The summed E-state index contributed by atoms with van der Waals surface area (Å²) in [6.45, 7) is 3.99. The Bertz CT molecular complexity index is 431. The van der Waals surface area contributed by atoms with E-state index in [1.807, 2.05) is 6.07 Å². The van der Waals surface area contributed by atoms with Crippen LogP contribution in [0.25, 0.3) is 0 Å². The van der Waals surface area contributed by atoms with Gasteiger partial charge in [0.1, 0.15) is 0 Å². The van der Waals surface area contributed by atoms with E-state index >= 15 is 0 Å². The van der Waals surface area contributed by atoms with Crippen LogP contribution in [0.15, 0.2) is 40.2 Å². The van der Waals surface area contributed by atoms with Crippen molar-refractivity contribution in [1.82, 2.24) is 5.32 Å². The first-order chi connectivity index (χ1) is 7.75. The number of thiophene rings is 1. The van der Waals surface area contributed by atoms with E-state index in [1.165, 1.54) is 19.8 Å². The Kier molecular flexibility index (Phi) is 4.16. The topological polar surface area (TPSA) is 12.0 Å². The van der Waals surface area contributed by atoms with Crippen LogP contribution >= 0.6 is 27.3 Å². The maximum Gasteiger partial charge on any atom is 0.0730 e. The van der Waals surface area contributed by atoms with Crippen molar-refractivity contribution in [2.75, 3.05) is 0 Å². The van der Waals surface area contributed by atoms with Crippen LogP contribution in [0.4, 0.5) is 0 Å². The number of hydrogen-bond acceptors (Lipinski definition) is 2. The molecule has 1 nitrogen and oxygen atoms in total. The van der Waals surface area contributed by atoms with E-state index in [0.717, 1.165) is 13.1 Å². The molecule has 16 heavy (non-hydrogen) atoms. The summed E-state index contributed by atoms with van der Waals surface area (Å²) in [6.07, 6.45) is 0. The molecule has 2 rings (SSSR count). The van der Waals surface area contributed by atoms with E-state index < -0.39 is 0 Å². The molecule has 0 saturated heterocycles. The summed E-state index contributed by atoms with van der Waals surface area (Å²) in [4.78, 5) is 1.38. The van der Waals surface area contributed by atoms with Gasteiger partial charge in [-0.25, -0.2) is 0 Å². The number of halogens is 1. The summed E-state index contributed by atoms with van der Waals surface area (Å²) in [6, 6.07) is 12.7. The maximum atomic E-state index is 3.54. The maximum absolute atomic E-state index is 3.54. The Balaban J connectivity index is 1.84. The highest BCUT2D eigenvalue weighted by Crippen LogP contribution is 2.27. The Morgan fingerprint density at radius 2 is 1.94 bits per heavy atom. The number of nitrogens with one attached hydrogen (secondary N) is 1. The minimum absolute atomic E-state index is 0.926. The molecule has 0 bridgehead atoms. The lowest BCUT2D eigenvalue weighted by Crippen LogP contribution is -2.11. The number of aryl methyl sites for hydroxylation is 1. The van der Waals surface area contributed by atoms with Crippen LogP contribution in [-0.4, -0.2) is 0 Å². The molecule has 0 aliphatic rings. The second-order valence-electron chi connectivity index (χ2n) is 3.76. The molecule has 1 heterocycles. The molecule has 0 aliphatic carbocycles. The van der Waals surface area contributed by atoms with E-state index in [1.54, 1.807) is 11.3 Å². The van der Waals surface area contributed by atoms with E-state index in [2.05, 4.69) is 58.5 Å². The second-order valence-corrected chi connectivity index (χ2v) is 6.21. The monoisotopic (exact) mass is 295 g/mol. The smallest absolute Gasteiger partial charge is 0.0730 e. The zero-order valence-electron chi connectivity index (χ0n) is 9.16. The third-order valence-electron chi connectivity index (χ3n) is 2.38. The summed E-state index contributed by atoms with van der Waals surface area (Å²) < 4.78 is 1.24. The molecule has 0 atom stereocenters. The van der Waals surface area contributed by atoms with E-state index in [9.17, 15) is 0 Å². The zero-order valence-corrected chi connectivity index (χ0v) is 11.6. The van der Waals surface area contributed by atoms with Crippen molar-refractivity contribution in [3.8, 4) is 0 Å². The lowest BCUT2D eigenvalue weighted by Gasteiger charge is -2.02. The molecule has 84 valence electrons. The van der Waals surface area contributed by atoms with Crippen LogP contribution in [0.3, 0.4) is 0 Å². The average molecular weight is 296 g/mol. The van der Waals surface area contributed by atoms with E-state index in [-0.39, 0.29) is 0 Å². The van der Waals surface area contributed by atoms with Crippen LogP contribution < -0.4 is 5.32 Å². The van der Waals surface area contributed by atoms with E-state index in [4.69, 9.17) is 0 Å². The Hall–Kier alpha value is -0.640. The van der Waals surface area contributed by atoms with Gasteiger partial charge in [-0.05, 0) is 40.0 Å². The standard InChI is InChI=1S/C13H14BrNS/c1-10-7-12(16-13(10)14)9-15-8-11-5-3-2-4-6-11/h2-7,15H,8-9H2,1H3. The molecule has 0 unspecified atom stereocenters. The average Bonchev–Trinajstić information content (AvgIpc) is 2.60. The first-order valence-corrected chi connectivity index (χ1v) is 6.86. The lowest BCUT2D eigenvalue weighted by atomic mass is 10.2. The van der Waals surface area contributed by atoms with E-state index in [0.29, 0.717) is 0 Å². The summed E-state index contributed by atoms with van der Waals surface area (Å²) in [7, 11) is 0. The molecule has 0 spiro atoms. The van der Waals surface area contributed by atoms with Gasteiger partial charge in [-0.1, -0.05) is 30.3 Å². The number of rotatable bonds is 4. The van der Waals surface area contributed by atoms with Crippen molar-refractivity contribution in [3.05, 3.63) is 56.2 Å². The number of benzene rings is 1. The summed E-state index contributed by atoms with van der Waals surface area (Å²) in [5.74, 6) is 0. The first kappa shape index (κ1) is 11.8. The quantitative estimate of drug-likeness (QED) is 0.895. The van der Waals surface area contributed by atoms with Gasteiger partial charge in [0.15, 0.2) is 0 Å². The SMILES string of the molecule is Cc1cc(CNCc2ccccc2)sc1Br. The van der Waals surface area contributed by atoms with Crippen molar-refractivity contribution < 1.29 is 0 Å². The Labute approximate surface area is 109 Å². The highest BCUT2D eigenvalue weighted by atomic mass is 79.9. The van der Waals surface area contributed by atoms with Gasteiger partial charge in [0, 0.05) is 18.0 Å². The normalized spacial score (nSPS) is 10.6. The van der Waals surface area contributed by atoms with Gasteiger partial charge in [-0.15, -0.1) is 11.3 Å². The van der Waals surface area contributed by atoms with Crippen LogP contribution in [0.1, 0.15) is 16.0 Å². The molecule has 0 amide bonds. The molecule has 2 aromatic rings. The van der Waals surface area contributed by atoms with Crippen LogP contribution in [0.5, 0.6) is 0 Å². The van der Waals surface area contributed by atoms with Gasteiger partial charge in [-0.3, -0.25) is 0 Å². The Morgan fingerprint density at radius 1 is 1.19 bits per heavy atom. The summed E-state index contributed by atoms with van der Waals surface area (Å²) in [5, 5.41) is 3.45. The predicted octanol–water partition coefficient (Wildman–Crippen LogP) is 4.11. The van der Waals surface area contributed by atoms with Gasteiger partial charge in [0.05, 0.1) is 3.79 Å². The lowest BCUT2D eigenvalue weighted by molar-refractivity contribution is 0.701. The molecule has 3 heteroatoms. The molecule has 0 fully saturated rings. The summed E-state index contributed by atoms with van der Waals surface area (Å²) >= 11 is 5.35. The van der Waals surface area contributed by atoms with Crippen molar-refractivity contribution in [1.29, 1.82) is 0 Å². The molecule has 1 aromatic carbocycles. The van der Waals surface area contributed by atoms with Gasteiger partial charge in [0.2, 0.25) is 0 Å². The molecule has 1 aromatic heterocycles. The van der Waals surface area contributed by atoms with Crippen molar-refractivity contribution in [3.63, 3.8) is 0 Å². The van der Waals surface area contributed by atoms with Gasteiger partial charge < -0.3 is 5.32 Å². The van der Waals surface area contributed by atoms with Gasteiger partial charge >= 0.3 is 0 Å². The van der Waals surface area contributed by atoms with Crippen molar-refractivity contribution in [2.45, 2.75) is 20.0 Å².